The van der Waals surface area contributed by atoms with E-state index >= 15 is 0 Å². The van der Waals surface area contributed by atoms with Crippen molar-refractivity contribution < 1.29 is 9.90 Å². The highest BCUT2D eigenvalue weighted by molar-refractivity contribution is 7.99. The third kappa shape index (κ3) is 3.00. The Bertz CT molecular complexity index is 505. The van der Waals surface area contributed by atoms with Crippen LogP contribution in [-0.4, -0.2) is 31.6 Å². The summed E-state index contributed by atoms with van der Waals surface area (Å²) in [5, 5.41) is 18.2. The van der Waals surface area contributed by atoms with Crippen LogP contribution in [0.5, 0.6) is 0 Å². The zero-order valence-corrected chi connectivity index (χ0v) is 12.7. The predicted octanol–water partition coefficient (Wildman–Crippen LogP) is 2.91. The number of thioether (sulfide) groups is 1. The van der Waals surface area contributed by atoms with Crippen molar-refractivity contribution in [2.75, 3.05) is 5.75 Å². The molecule has 0 aromatic carbocycles. The quantitative estimate of drug-likeness (QED) is 0.817. The summed E-state index contributed by atoms with van der Waals surface area (Å²) in [6.45, 7) is 3.27. The van der Waals surface area contributed by atoms with Gasteiger partial charge in [-0.05, 0) is 31.1 Å². The van der Waals surface area contributed by atoms with Crippen LogP contribution < -0.4 is 0 Å². The molecule has 0 amide bonds. The molecule has 5 nitrogen and oxygen atoms in total. The van der Waals surface area contributed by atoms with Crippen molar-refractivity contribution >= 4 is 17.7 Å². The summed E-state index contributed by atoms with van der Waals surface area (Å²) in [5.74, 6) is 0.877. The molecule has 0 unspecified atom stereocenters. The van der Waals surface area contributed by atoms with Gasteiger partial charge in [-0.25, -0.2) is 0 Å². The monoisotopic (exact) mass is 295 g/mol. The van der Waals surface area contributed by atoms with E-state index in [0.29, 0.717) is 11.3 Å². The summed E-state index contributed by atoms with van der Waals surface area (Å²) in [4.78, 5) is 10.8. The number of rotatable bonds is 6. The van der Waals surface area contributed by atoms with E-state index in [9.17, 15) is 4.79 Å². The van der Waals surface area contributed by atoms with Gasteiger partial charge in [-0.1, -0.05) is 31.5 Å². The summed E-state index contributed by atoms with van der Waals surface area (Å²) in [6, 6.07) is 0. The molecule has 6 heteroatoms. The number of carbonyl (C=O) groups is 1. The number of aliphatic carboxylic acids is 1. The Labute approximate surface area is 123 Å². The molecule has 0 saturated heterocycles. The zero-order chi connectivity index (χ0) is 14.2. The summed E-state index contributed by atoms with van der Waals surface area (Å²) in [7, 11) is 0. The molecular weight excluding hydrogens is 274 g/mol. The van der Waals surface area contributed by atoms with Crippen LogP contribution in [0.4, 0.5) is 0 Å². The predicted molar refractivity (Wildman–Crippen MR) is 76.9 cm³/mol. The maximum Gasteiger partial charge on any atom is 0.313 e. The molecule has 1 heterocycles. The van der Waals surface area contributed by atoms with Crippen molar-refractivity contribution in [2.45, 2.75) is 63.1 Å². The second-order valence-electron chi connectivity index (χ2n) is 6.40. The molecule has 2 fully saturated rings. The SMILES string of the molecule is CC1(Cn2c(SCC(=O)O)nnc2C2CC2)CCCC1. The van der Waals surface area contributed by atoms with E-state index in [1.807, 2.05) is 0 Å². The van der Waals surface area contributed by atoms with E-state index in [1.54, 1.807) is 0 Å². The third-order valence-electron chi connectivity index (χ3n) is 4.36. The van der Waals surface area contributed by atoms with Gasteiger partial charge in [-0.2, -0.15) is 0 Å². The first-order chi connectivity index (χ1) is 9.57. The van der Waals surface area contributed by atoms with Crippen molar-refractivity contribution in [3.05, 3.63) is 5.82 Å². The van der Waals surface area contributed by atoms with Gasteiger partial charge in [0.1, 0.15) is 5.82 Å². The molecule has 110 valence electrons. The average Bonchev–Trinajstić information content (AvgIpc) is 3.04. The molecule has 20 heavy (non-hydrogen) atoms. The summed E-state index contributed by atoms with van der Waals surface area (Å²) in [6.07, 6.45) is 7.48. The lowest BCUT2D eigenvalue weighted by atomic mass is 9.89. The number of hydrogen-bond acceptors (Lipinski definition) is 4. The lowest BCUT2D eigenvalue weighted by Crippen LogP contribution is -2.21. The number of carboxylic acids is 1. The summed E-state index contributed by atoms with van der Waals surface area (Å²) >= 11 is 1.29. The molecule has 0 aliphatic heterocycles. The third-order valence-corrected chi connectivity index (χ3v) is 5.31. The van der Waals surface area contributed by atoms with Gasteiger partial charge in [0.2, 0.25) is 0 Å². The molecule has 2 aliphatic rings. The van der Waals surface area contributed by atoms with E-state index in [-0.39, 0.29) is 5.75 Å². The van der Waals surface area contributed by atoms with Crippen LogP contribution in [0, 0.1) is 5.41 Å². The van der Waals surface area contributed by atoms with Crippen molar-refractivity contribution in [2.24, 2.45) is 5.41 Å². The number of aromatic nitrogens is 3. The molecule has 0 bridgehead atoms. The number of hydrogen-bond donors (Lipinski definition) is 1. The molecule has 2 saturated carbocycles. The fourth-order valence-corrected chi connectivity index (χ4v) is 3.76. The van der Waals surface area contributed by atoms with Gasteiger partial charge in [0.25, 0.3) is 0 Å². The Kier molecular flexibility index (Phi) is 3.75. The van der Waals surface area contributed by atoms with E-state index in [2.05, 4.69) is 21.7 Å². The second kappa shape index (κ2) is 5.39. The van der Waals surface area contributed by atoms with E-state index < -0.39 is 5.97 Å². The average molecular weight is 295 g/mol. The summed E-state index contributed by atoms with van der Waals surface area (Å²) in [5.41, 5.74) is 0.324. The van der Waals surface area contributed by atoms with Gasteiger partial charge < -0.3 is 9.67 Å². The van der Waals surface area contributed by atoms with Gasteiger partial charge >= 0.3 is 5.97 Å². The zero-order valence-electron chi connectivity index (χ0n) is 11.8. The van der Waals surface area contributed by atoms with Crippen LogP contribution in [0.15, 0.2) is 5.16 Å². The largest absolute Gasteiger partial charge is 0.481 e. The van der Waals surface area contributed by atoms with Crippen molar-refractivity contribution in [1.82, 2.24) is 14.8 Å². The van der Waals surface area contributed by atoms with Crippen molar-refractivity contribution in [3.63, 3.8) is 0 Å². The van der Waals surface area contributed by atoms with Crippen molar-refractivity contribution in [3.8, 4) is 0 Å². The van der Waals surface area contributed by atoms with Crippen LogP contribution in [-0.2, 0) is 11.3 Å². The molecule has 0 spiro atoms. The van der Waals surface area contributed by atoms with Gasteiger partial charge in [0.15, 0.2) is 5.16 Å². The highest BCUT2D eigenvalue weighted by Gasteiger charge is 2.35. The normalized spacial score (nSPS) is 21.2. The molecule has 3 rings (SSSR count). The molecule has 0 atom stereocenters. The molecule has 1 aromatic rings. The van der Waals surface area contributed by atoms with E-state index in [0.717, 1.165) is 17.5 Å². The standard InChI is InChI=1S/C14H21N3O2S/c1-14(6-2-3-7-14)9-17-12(10-4-5-10)15-16-13(17)20-8-11(18)19/h10H,2-9H2,1H3,(H,18,19). The van der Waals surface area contributed by atoms with Gasteiger partial charge in [-0.3, -0.25) is 4.79 Å². The summed E-state index contributed by atoms with van der Waals surface area (Å²) < 4.78 is 2.20. The van der Waals surface area contributed by atoms with E-state index in [4.69, 9.17) is 5.11 Å². The molecule has 0 radical (unpaired) electrons. The first-order valence-electron chi connectivity index (χ1n) is 7.35. The maximum atomic E-state index is 10.8. The van der Waals surface area contributed by atoms with Crippen LogP contribution in [0.3, 0.4) is 0 Å². The molecule has 1 aromatic heterocycles. The van der Waals surface area contributed by atoms with E-state index in [1.165, 1.54) is 50.3 Å². The van der Waals surface area contributed by atoms with Gasteiger partial charge in [0.05, 0.1) is 5.75 Å². The highest BCUT2D eigenvalue weighted by Crippen LogP contribution is 2.44. The fraction of sp³-hybridized carbons (Fsp3) is 0.786. The first-order valence-corrected chi connectivity index (χ1v) is 8.34. The van der Waals surface area contributed by atoms with Crippen LogP contribution in [0.1, 0.15) is 57.2 Å². The minimum absolute atomic E-state index is 0.0551. The molecule has 2 aliphatic carbocycles. The van der Waals surface area contributed by atoms with Gasteiger partial charge in [-0.15, -0.1) is 10.2 Å². The van der Waals surface area contributed by atoms with Crippen LogP contribution in [0.25, 0.3) is 0 Å². The van der Waals surface area contributed by atoms with Crippen LogP contribution >= 0.6 is 11.8 Å². The topological polar surface area (TPSA) is 68.0 Å². The molecule has 1 N–H and O–H groups in total. The fourth-order valence-electron chi connectivity index (χ4n) is 3.09. The first kappa shape index (κ1) is 13.9. The number of carboxylic acid groups (broad SMARTS) is 1. The Hall–Kier alpha value is -1.04. The van der Waals surface area contributed by atoms with Crippen LogP contribution in [0.2, 0.25) is 0 Å². The Morgan fingerprint density at radius 1 is 1.40 bits per heavy atom. The smallest absolute Gasteiger partial charge is 0.313 e. The Morgan fingerprint density at radius 2 is 2.10 bits per heavy atom. The maximum absolute atomic E-state index is 10.8. The van der Waals surface area contributed by atoms with Crippen molar-refractivity contribution in [1.29, 1.82) is 0 Å². The number of nitrogens with zero attached hydrogens (tertiary/aromatic N) is 3. The molecular formula is C14H21N3O2S. The lowest BCUT2D eigenvalue weighted by Gasteiger charge is -2.25. The minimum Gasteiger partial charge on any atom is -0.481 e. The Balaban J connectivity index is 1.81. The second-order valence-corrected chi connectivity index (χ2v) is 7.34. The Morgan fingerprint density at radius 3 is 2.70 bits per heavy atom. The lowest BCUT2D eigenvalue weighted by molar-refractivity contribution is -0.133. The minimum atomic E-state index is -0.801. The highest BCUT2D eigenvalue weighted by atomic mass is 32.2. The van der Waals surface area contributed by atoms with Gasteiger partial charge in [0, 0.05) is 12.5 Å².